The third kappa shape index (κ3) is 41.1. The number of hydrogen-bond donors (Lipinski definition) is 0. The largest absolute Gasteiger partial charge is 0.463 e. The quantitative estimate of drug-likeness (QED) is 0.0667. The maximum Gasteiger partial charge on any atom is 0.305 e. The Labute approximate surface area is 279 Å². The molecule has 0 aliphatic carbocycles. The molecule has 0 heterocycles. The highest BCUT2D eigenvalue weighted by Crippen LogP contribution is 2.08. The smallest absolute Gasteiger partial charge is 0.305 e. The average Bonchev–Trinajstić information content (AvgIpc) is 3.06. The molecule has 0 bridgehead atoms. The van der Waals surface area contributed by atoms with Gasteiger partial charge in [0.25, 0.3) is 0 Å². The molecule has 0 spiro atoms. The van der Waals surface area contributed by atoms with Crippen molar-refractivity contribution in [1.82, 2.24) is 0 Å². The number of carbonyl (C=O) groups is 1. The normalized spacial score (nSPS) is 11.4. The van der Waals surface area contributed by atoms with Crippen LogP contribution in [0.25, 0.3) is 0 Å². The second-order valence-electron chi connectivity index (χ2n) is 10.6. The van der Waals surface area contributed by atoms with Crippen molar-refractivity contribution in [3.8, 4) is 0 Å². The van der Waals surface area contributed by atoms with Crippen LogP contribution in [0.15, 0.2) is 0 Å². The SMILES string of the molecule is CCCCCCCCCC(=O)OCCOCCOCCOCCOCCOCCOCCOCCOCCOCCOCCCC. The summed E-state index contributed by atoms with van der Waals surface area (Å²) in [6.45, 7) is 15.3. The number of hydrogen-bond acceptors (Lipinski definition) is 12. The molecule has 0 atom stereocenters. The van der Waals surface area contributed by atoms with E-state index < -0.39 is 0 Å². The van der Waals surface area contributed by atoms with Crippen molar-refractivity contribution in [2.45, 2.75) is 78.1 Å². The van der Waals surface area contributed by atoms with Gasteiger partial charge >= 0.3 is 5.97 Å². The van der Waals surface area contributed by atoms with Gasteiger partial charge in [0, 0.05) is 13.0 Å². The van der Waals surface area contributed by atoms with Gasteiger partial charge in [-0.1, -0.05) is 58.8 Å². The van der Waals surface area contributed by atoms with Crippen LogP contribution in [-0.2, 0) is 56.9 Å². The second-order valence-corrected chi connectivity index (χ2v) is 10.6. The van der Waals surface area contributed by atoms with E-state index in [1.807, 2.05) is 0 Å². The van der Waals surface area contributed by atoms with E-state index in [9.17, 15) is 4.79 Å². The van der Waals surface area contributed by atoms with Crippen LogP contribution in [0.3, 0.4) is 0 Å². The molecule has 46 heavy (non-hydrogen) atoms. The maximum atomic E-state index is 11.7. The number of rotatable bonds is 41. The minimum atomic E-state index is -0.138. The van der Waals surface area contributed by atoms with Crippen molar-refractivity contribution in [3.63, 3.8) is 0 Å². The molecule has 0 amide bonds. The molecule has 0 aliphatic rings. The Bertz CT molecular complexity index is 570. The molecule has 12 heteroatoms. The first-order chi connectivity index (χ1) is 22.8. The molecule has 0 rings (SSSR count). The van der Waals surface area contributed by atoms with E-state index >= 15 is 0 Å². The van der Waals surface area contributed by atoms with Gasteiger partial charge in [-0.2, -0.15) is 0 Å². The Hall–Kier alpha value is -0.930. The van der Waals surface area contributed by atoms with Gasteiger partial charge in [-0.15, -0.1) is 0 Å². The van der Waals surface area contributed by atoms with E-state index in [-0.39, 0.29) is 12.6 Å². The van der Waals surface area contributed by atoms with E-state index in [0.717, 1.165) is 32.3 Å². The van der Waals surface area contributed by atoms with E-state index in [1.54, 1.807) is 0 Å². The van der Waals surface area contributed by atoms with Gasteiger partial charge in [0.15, 0.2) is 0 Å². The van der Waals surface area contributed by atoms with E-state index in [0.29, 0.717) is 132 Å². The average molecular weight is 669 g/mol. The molecule has 0 aromatic rings. The fourth-order valence-electron chi connectivity index (χ4n) is 3.84. The van der Waals surface area contributed by atoms with Crippen LogP contribution in [0.1, 0.15) is 78.1 Å². The first kappa shape index (κ1) is 45.1. The minimum absolute atomic E-state index is 0.138. The summed E-state index contributed by atoms with van der Waals surface area (Å²) in [4.78, 5) is 11.7. The lowest BCUT2D eigenvalue weighted by Gasteiger charge is -2.09. The van der Waals surface area contributed by atoms with Crippen LogP contribution in [0.2, 0.25) is 0 Å². The summed E-state index contributed by atoms with van der Waals surface area (Å²) in [6.07, 6.45) is 11.1. The Morgan fingerprint density at radius 2 is 0.565 bits per heavy atom. The Balaban J connectivity index is 3.09. The monoisotopic (exact) mass is 668 g/mol. The highest BCUT2D eigenvalue weighted by atomic mass is 16.6. The summed E-state index contributed by atoms with van der Waals surface area (Å²) in [6, 6.07) is 0. The lowest BCUT2D eigenvalue weighted by Crippen LogP contribution is -2.15. The summed E-state index contributed by atoms with van der Waals surface area (Å²) in [5.74, 6) is -0.138. The standard InChI is InChI=1S/C34H68O12/c1-3-5-7-8-9-10-11-12-34(35)46-33-32-45-31-30-44-29-28-43-27-26-42-25-24-41-23-22-40-21-20-39-19-18-38-17-16-37-15-14-36-13-6-4-2/h3-33H2,1-2H3. The van der Waals surface area contributed by atoms with Gasteiger partial charge in [-0.25, -0.2) is 0 Å². The Kier molecular flexibility index (Phi) is 41.2. The lowest BCUT2D eigenvalue weighted by atomic mass is 10.1. The third-order valence-corrected chi connectivity index (χ3v) is 6.47. The van der Waals surface area contributed by atoms with Crippen molar-refractivity contribution in [2.24, 2.45) is 0 Å². The van der Waals surface area contributed by atoms with E-state index in [1.165, 1.54) is 32.1 Å². The Morgan fingerprint density at radius 1 is 0.304 bits per heavy atom. The molecule has 0 aliphatic heterocycles. The zero-order valence-electron chi connectivity index (χ0n) is 29.3. The van der Waals surface area contributed by atoms with Crippen LogP contribution in [0.5, 0.6) is 0 Å². The fraction of sp³-hybridized carbons (Fsp3) is 0.971. The fourth-order valence-corrected chi connectivity index (χ4v) is 3.84. The zero-order valence-corrected chi connectivity index (χ0v) is 29.3. The molecule has 0 saturated heterocycles. The second kappa shape index (κ2) is 42.1. The number of esters is 1. The lowest BCUT2D eigenvalue weighted by molar-refractivity contribution is -0.145. The third-order valence-electron chi connectivity index (χ3n) is 6.47. The van der Waals surface area contributed by atoms with Gasteiger partial charge < -0.3 is 52.1 Å². The van der Waals surface area contributed by atoms with Crippen molar-refractivity contribution in [2.75, 3.05) is 139 Å². The van der Waals surface area contributed by atoms with Crippen molar-refractivity contribution < 1.29 is 56.9 Å². The van der Waals surface area contributed by atoms with Crippen molar-refractivity contribution in [3.05, 3.63) is 0 Å². The van der Waals surface area contributed by atoms with Crippen LogP contribution in [-0.4, -0.2) is 145 Å². The molecular weight excluding hydrogens is 600 g/mol. The van der Waals surface area contributed by atoms with Crippen molar-refractivity contribution in [1.29, 1.82) is 0 Å². The number of unbranched alkanes of at least 4 members (excludes halogenated alkanes) is 7. The summed E-state index contributed by atoms with van der Waals surface area (Å²) in [5.41, 5.74) is 0. The first-order valence-corrected chi connectivity index (χ1v) is 17.7. The molecule has 0 unspecified atom stereocenters. The van der Waals surface area contributed by atoms with Gasteiger partial charge in [0.05, 0.1) is 126 Å². The molecule has 0 radical (unpaired) electrons. The first-order valence-electron chi connectivity index (χ1n) is 17.7. The predicted molar refractivity (Wildman–Crippen MR) is 177 cm³/mol. The number of carbonyl (C=O) groups excluding carboxylic acids is 1. The highest BCUT2D eigenvalue weighted by molar-refractivity contribution is 5.69. The molecule has 12 nitrogen and oxygen atoms in total. The molecule has 0 fully saturated rings. The van der Waals surface area contributed by atoms with Gasteiger partial charge in [0.1, 0.15) is 6.61 Å². The molecule has 0 aromatic carbocycles. The molecule has 276 valence electrons. The maximum absolute atomic E-state index is 11.7. The summed E-state index contributed by atoms with van der Waals surface area (Å²) >= 11 is 0. The number of ether oxygens (including phenoxy) is 11. The summed E-state index contributed by atoms with van der Waals surface area (Å²) < 4.78 is 59.8. The van der Waals surface area contributed by atoms with Gasteiger partial charge in [-0.3, -0.25) is 4.79 Å². The minimum Gasteiger partial charge on any atom is -0.463 e. The predicted octanol–water partition coefficient (Wildman–Crippen LogP) is 4.64. The molecule has 0 aromatic heterocycles. The van der Waals surface area contributed by atoms with Crippen LogP contribution >= 0.6 is 0 Å². The summed E-state index contributed by atoms with van der Waals surface area (Å²) in [5, 5.41) is 0. The van der Waals surface area contributed by atoms with Crippen LogP contribution < -0.4 is 0 Å². The van der Waals surface area contributed by atoms with Crippen molar-refractivity contribution >= 4 is 5.97 Å². The topological polar surface area (TPSA) is 119 Å². The van der Waals surface area contributed by atoms with Crippen LogP contribution in [0, 0.1) is 0 Å². The molecule has 0 saturated carbocycles. The van der Waals surface area contributed by atoms with Gasteiger partial charge in [0.2, 0.25) is 0 Å². The van der Waals surface area contributed by atoms with Crippen LogP contribution in [0.4, 0.5) is 0 Å². The molecular formula is C34H68O12. The zero-order chi connectivity index (χ0) is 33.3. The van der Waals surface area contributed by atoms with E-state index in [2.05, 4.69) is 13.8 Å². The highest BCUT2D eigenvalue weighted by Gasteiger charge is 2.03. The molecule has 0 N–H and O–H groups in total. The van der Waals surface area contributed by atoms with E-state index in [4.69, 9.17) is 52.1 Å². The summed E-state index contributed by atoms with van der Waals surface area (Å²) in [7, 11) is 0. The Morgan fingerprint density at radius 3 is 0.891 bits per heavy atom. The van der Waals surface area contributed by atoms with Gasteiger partial charge in [-0.05, 0) is 12.8 Å².